The third-order valence-corrected chi connectivity index (χ3v) is 2.57. The van der Waals surface area contributed by atoms with E-state index in [0.29, 0.717) is 6.42 Å². The van der Waals surface area contributed by atoms with Gasteiger partial charge in [-0.3, -0.25) is 9.20 Å². The average Bonchev–Trinajstić information content (AvgIpc) is 2.47. The van der Waals surface area contributed by atoms with Gasteiger partial charge < -0.3 is 0 Å². The van der Waals surface area contributed by atoms with Gasteiger partial charge in [-0.2, -0.15) is 0 Å². The maximum atomic E-state index is 10.9. The van der Waals surface area contributed by atoms with Gasteiger partial charge in [-0.25, -0.2) is 4.98 Å². The van der Waals surface area contributed by atoms with Crippen LogP contribution in [-0.4, -0.2) is 15.2 Å². The smallest absolute Gasteiger partial charge is 0.137 e. The number of carbonyl (C=O) groups excluding carboxylic acids is 1. The first-order chi connectivity index (χ1) is 6.66. The highest BCUT2D eigenvalue weighted by Crippen LogP contribution is 2.14. The third kappa shape index (κ3) is 1.70. The highest BCUT2D eigenvalue weighted by Gasteiger charge is 2.04. The Labute approximate surface area is 89.9 Å². The van der Waals surface area contributed by atoms with Gasteiger partial charge in [-0.1, -0.05) is 6.07 Å². The second-order valence-corrected chi connectivity index (χ2v) is 4.00. The number of hydrogen-bond acceptors (Lipinski definition) is 2. The zero-order valence-electron chi connectivity index (χ0n) is 7.70. The summed E-state index contributed by atoms with van der Waals surface area (Å²) in [5.74, 6) is 0.129. The molecule has 3 nitrogen and oxygen atoms in total. The highest BCUT2D eigenvalue weighted by molar-refractivity contribution is 9.10. The minimum absolute atomic E-state index is 0.129. The summed E-state index contributed by atoms with van der Waals surface area (Å²) in [4.78, 5) is 15.2. The van der Waals surface area contributed by atoms with Crippen LogP contribution in [0.25, 0.3) is 5.65 Å². The van der Waals surface area contributed by atoms with E-state index in [1.165, 1.54) is 0 Å². The summed E-state index contributed by atoms with van der Waals surface area (Å²) in [5, 5.41) is 0. The van der Waals surface area contributed by atoms with Crippen molar-refractivity contribution in [2.24, 2.45) is 0 Å². The lowest BCUT2D eigenvalue weighted by atomic mass is 10.2. The summed E-state index contributed by atoms with van der Waals surface area (Å²) in [7, 11) is 0. The number of imidazole rings is 1. The zero-order valence-corrected chi connectivity index (χ0v) is 9.28. The number of nitrogens with zero attached hydrogens (tertiary/aromatic N) is 2. The molecule has 0 atom stereocenters. The molecule has 0 aliphatic heterocycles. The van der Waals surface area contributed by atoms with Crippen LogP contribution >= 0.6 is 15.9 Å². The molecule has 2 rings (SSSR count). The monoisotopic (exact) mass is 252 g/mol. The molecule has 2 aromatic rings. The van der Waals surface area contributed by atoms with Crippen LogP contribution in [0.3, 0.4) is 0 Å². The largest absolute Gasteiger partial charge is 0.300 e. The Balaban J connectivity index is 2.51. The maximum Gasteiger partial charge on any atom is 0.137 e. The molecule has 0 saturated heterocycles. The van der Waals surface area contributed by atoms with E-state index in [2.05, 4.69) is 20.9 Å². The van der Waals surface area contributed by atoms with Crippen molar-refractivity contribution in [3.05, 3.63) is 34.7 Å². The van der Waals surface area contributed by atoms with E-state index in [4.69, 9.17) is 0 Å². The summed E-state index contributed by atoms with van der Waals surface area (Å²) in [6, 6.07) is 5.77. The molecule has 0 aromatic carbocycles. The molecule has 2 heterocycles. The predicted octanol–water partition coefficient (Wildman–Crippen LogP) is 2.23. The van der Waals surface area contributed by atoms with E-state index < -0.39 is 0 Å². The lowest BCUT2D eigenvalue weighted by Gasteiger charge is -1.93. The SMILES string of the molecule is CC(=O)Cc1cn2c(Br)cccc2n1. The first-order valence-corrected chi connectivity index (χ1v) is 5.08. The van der Waals surface area contributed by atoms with E-state index in [-0.39, 0.29) is 5.78 Å². The molecule has 0 spiro atoms. The molecule has 0 saturated carbocycles. The normalized spacial score (nSPS) is 10.7. The molecule has 4 heteroatoms. The molecule has 0 bridgehead atoms. The number of halogens is 1. The van der Waals surface area contributed by atoms with Crippen molar-refractivity contribution in [3.8, 4) is 0 Å². The number of carbonyl (C=O) groups is 1. The number of aromatic nitrogens is 2. The van der Waals surface area contributed by atoms with Gasteiger partial charge in [0.1, 0.15) is 11.4 Å². The van der Waals surface area contributed by atoms with Crippen molar-refractivity contribution in [2.75, 3.05) is 0 Å². The molecule has 0 radical (unpaired) electrons. The van der Waals surface area contributed by atoms with Crippen molar-refractivity contribution in [2.45, 2.75) is 13.3 Å². The Kier molecular flexibility index (Phi) is 2.37. The van der Waals surface area contributed by atoms with E-state index in [1.807, 2.05) is 28.8 Å². The fraction of sp³-hybridized carbons (Fsp3) is 0.200. The first kappa shape index (κ1) is 9.40. The Morgan fingerprint density at radius 1 is 1.57 bits per heavy atom. The standard InChI is InChI=1S/C10H9BrN2O/c1-7(14)5-8-6-13-9(11)3-2-4-10(13)12-8/h2-4,6H,5H2,1H3. The predicted molar refractivity (Wildman–Crippen MR) is 57.3 cm³/mol. The molecule has 72 valence electrons. The van der Waals surface area contributed by atoms with Gasteiger partial charge in [0, 0.05) is 12.6 Å². The maximum absolute atomic E-state index is 10.9. The summed E-state index contributed by atoms with van der Waals surface area (Å²) < 4.78 is 2.86. The number of ketones is 1. The number of Topliss-reactive ketones (excluding diaryl/α,β-unsaturated/α-hetero) is 1. The second kappa shape index (κ2) is 3.53. The van der Waals surface area contributed by atoms with Crippen LogP contribution in [0, 0.1) is 0 Å². The van der Waals surface area contributed by atoms with Crippen LogP contribution in [0.2, 0.25) is 0 Å². The van der Waals surface area contributed by atoms with Gasteiger partial charge in [0.05, 0.1) is 10.3 Å². The summed E-state index contributed by atoms with van der Waals surface area (Å²) in [6.07, 6.45) is 2.27. The Hall–Kier alpha value is -1.16. The quantitative estimate of drug-likeness (QED) is 0.769. The molecule has 0 aliphatic carbocycles. The van der Waals surface area contributed by atoms with Gasteiger partial charge in [0.15, 0.2) is 0 Å². The number of hydrogen-bond donors (Lipinski definition) is 0. The van der Waals surface area contributed by atoms with Crippen LogP contribution in [0.1, 0.15) is 12.6 Å². The number of rotatable bonds is 2. The highest BCUT2D eigenvalue weighted by atomic mass is 79.9. The van der Waals surface area contributed by atoms with Gasteiger partial charge in [-0.05, 0) is 35.0 Å². The minimum Gasteiger partial charge on any atom is -0.300 e. The summed E-state index contributed by atoms with van der Waals surface area (Å²) >= 11 is 3.41. The van der Waals surface area contributed by atoms with Crippen molar-refractivity contribution in [3.63, 3.8) is 0 Å². The Morgan fingerprint density at radius 3 is 3.00 bits per heavy atom. The van der Waals surface area contributed by atoms with E-state index >= 15 is 0 Å². The van der Waals surface area contributed by atoms with E-state index in [1.54, 1.807) is 6.92 Å². The molecule has 14 heavy (non-hydrogen) atoms. The molecular weight excluding hydrogens is 244 g/mol. The molecule has 0 amide bonds. The first-order valence-electron chi connectivity index (χ1n) is 4.29. The summed E-state index contributed by atoms with van der Waals surface area (Å²) in [6.45, 7) is 1.57. The number of fused-ring (bicyclic) bond motifs is 1. The van der Waals surface area contributed by atoms with Gasteiger partial charge in [0.25, 0.3) is 0 Å². The fourth-order valence-corrected chi connectivity index (χ4v) is 1.80. The molecule has 0 aliphatic rings. The average molecular weight is 253 g/mol. The molecule has 0 unspecified atom stereocenters. The Morgan fingerprint density at radius 2 is 2.36 bits per heavy atom. The summed E-state index contributed by atoms with van der Waals surface area (Å²) in [5.41, 5.74) is 1.67. The Bertz CT molecular complexity index is 490. The van der Waals surface area contributed by atoms with Crippen molar-refractivity contribution < 1.29 is 4.79 Å². The molecular formula is C10H9BrN2O. The van der Waals surface area contributed by atoms with Gasteiger partial charge >= 0.3 is 0 Å². The number of pyridine rings is 1. The van der Waals surface area contributed by atoms with Crippen LogP contribution in [0.5, 0.6) is 0 Å². The fourth-order valence-electron chi connectivity index (χ4n) is 1.37. The lowest BCUT2D eigenvalue weighted by Crippen LogP contribution is -1.95. The van der Waals surface area contributed by atoms with Crippen molar-refractivity contribution in [1.29, 1.82) is 0 Å². The van der Waals surface area contributed by atoms with Crippen molar-refractivity contribution in [1.82, 2.24) is 9.38 Å². The van der Waals surface area contributed by atoms with E-state index in [0.717, 1.165) is 15.9 Å². The third-order valence-electron chi connectivity index (χ3n) is 1.92. The van der Waals surface area contributed by atoms with Crippen LogP contribution in [0.15, 0.2) is 29.0 Å². The van der Waals surface area contributed by atoms with Crippen LogP contribution in [-0.2, 0) is 11.2 Å². The minimum atomic E-state index is 0.129. The second-order valence-electron chi connectivity index (χ2n) is 3.19. The van der Waals surface area contributed by atoms with Crippen molar-refractivity contribution >= 4 is 27.4 Å². The van der Waals surface area contributed by atoms with Gasteiger partial charge in [-0.15, -0.1) is 0 Å². The van der Waals surface area contributed by atoms with Crippen LogP contribution < -0.4 is 0 Å². The topological polar surface area (TPSA) is 34.4 Å². The lowest BCUT2D eigenvalue weighted by molar-refractivity contribution is -0.116. The van der Waals surface area contributed by atoms with Crippen LogP contribution in [0.4, 0.5) is 0 Å². The van der Waals surface area contributed by atoms with Gasteiger partial charge in [0.2, 0.25) is 0 Å². The molecule has 0 fully saturated rings. The van der Waals surface area contributed by atoms with E-state index in [9.17, 15) is 4.79 Å². The molecule has 0 N–H and O–H groups in total. The zero-order chi connectivity index (χ0) is 10.1. The molecule has 2 aromatic heterocycles.